The lowest BCUT2D eigenvalue weighted by atomic mass is 9.92. The average Bonchev–Trinajstić information content (AvgIpc) is 3.05. The van der Waals surface area contributed by atoms with Gasteiger partial charge >= 0.3 is 0 Å². The van der Waals surface area contributed by atoms with E-state index in [2.05, 4.69) is 43.0 Å². The fourth-order valence-corrected chi connectivity index (χ4v) is 3.74. The molecule has 1 atom stereocenters. The third-order valence-electron chi connectivity index (χ3n) is 4.95. The third kappa shape index (κ3) is 2.19. The molecule has 1 unspecified atom stereocenters. The maximum absolute atomic E-state index is 6.22. The number of rotatable bonds is 0. The van der Waals surface area contributed by atoms with E-state index < -0.39 is 0 Å². The molecular weight excluding hydrogens is 320 g/mol. The van der Waals surface area contributed by atoms with Crippen molar-refractivity contribution in [1.82, 2.24) is 0 Å². The molecule has 0 saturated heterocycles. The van der Waals surface area contributed by atoms with E-state index in [1.807, 2.05) is 43.3 Å². The van der Waals surface area contributed by atoms with E-state index >= 15 is 0 Å². The van der Waals surface area contributed by atoms with Crippen LogP contribution in [-0.2, 0) is 0 Å². The van der Waals surface area contributed by atoms with E-state index in [9.17, 15) is 0 Å². The Bertz CT molecular complexity index is 1190. The second-order valence-corrected chi connectivity index (χ2v) is 6.66. The highest BCUT2D eigenvalue weighted by Crippen LogP contribution is 2.42. The van der Waals surface area contributed by atoms with Crippen molar-refractivity contribution in [3.63, 3.8) is 0 Å². The van der Waals surface area contributed by atoms with Crippen molar-refractivity contribution in [2.24, 2.45) is 0 Å². The summed E-state index contributed by atoms with van der Waals surface area (Å²) in [6.45, 7) is 6.50. The molecule has 0 amide bonds. The normalized spacial score (nSPS) is 17.7. The van der Waals surface area contributed by atoms with Crippen LogP contribution in [0, 0.1) is 0 Å². The van der Waals surface area contributed by atoms with Crippen molar-refractivity contribution in [3.8, 4) is 5.75 Å². The molecule has 0 bridgehead atoms. The molecule has 0 fully saturated rings. The number of fused-ring (bicyclic) bond motifs is 6. The number of hydrogen-bond acceptors (Lipinski definition) is 2. The summed E-state index contributed by atoms with van der Waals surface area (Å²) in [7, 11) is 0. The maximum atomic E-state index is 6.22. The van der Waals surface area contributed by atoms with Gasteiger partial charge in [-0.15, -0.1) is 0 Å². The lowest BCUT2D eigenvalue weighted by Gasteiger charge is -2.17. The predicted octanol–water partition coefficient (Wildman–Crippen LogP) is 6.44. The van der Waals surface area contributed by atoms with Crippen LogP contribution < -0.4 is 4.74 Å². The molecule has 4 aromatic rings. The Morgan fingerprint density at radius 1 is 0.846 bits per heavy atom. The molecule has 0 radical (unpaired) electrons. The second-order valence-electron chi connectivity index (χ2n) is 6.66. The van der Waals surface area contributed by atoms with Crippen molar-refractivity contribution < 1.29 is 9.15 Å². The first-order valence-corrected chi connectivity index (χ1v) is 8.80. The smallest absolute Gasteiger partial charge is 0.135 e. The topological polar surface area (TPSA) is 22.4 Å². The van der Waals surface area contributed by atoms with Gasteiger partial charge in [-0.1, -0.05) is 55.1 Å². The summed E-state index contributed by atoms with van der Waals surface area (Å²) in [4.78, 5) is 0. The first kappa shape index (κ1) is 15.0. The Morgan fingerprint density at radius 2 is 1.62 bits per heavy atom. The minimum atomic E-state index is -0.0677. The van der Waals surface area contributed by atoms with Crippen LogP contribution in [0.4, 0.5) is 0 Å². The molecule has 0 N–H and O–H groups in total. The summed E-state index contributed by atoms with van der Waals surface area (Å²) in [5.74, 6) is 1.68. The zero-order valence-corrected chi connectivity index (χ0v) is 14.5. The molecule has 3 aromatic carbocycles. The van der Waals surface area contributed by atoms with Crippen LogP contribution in [0.5, 0.6) is 5.75 Å². The molecule has 2 nitrogen and oxygen atoms in total. The van der Waals surface area contributed by atoms with Gasteiger partial charge in [-0.25, -0.2) is 0 Å². The van der Waals surface area contributed by atoms with Crippen LogP contribution >= 0.6 is 0 Å². The number of ether oxygens (including phenoxy) is 1. The van der Waals surface area contributed by atoms with E-state index in [-0.39, 0.29) is 6.10 Å². The van der Waals surface area contributed by atoms with Crippen molar-refractivity contribution in [1.29, 1.82) is 0 Å². The van der Waals surface area contributed by atoms with Gasteiger partial charge in [0.15, 0.2) is 0 Å². The fourth-order valence-electron chi connectivity index (χ4n) is 3.74. The summed E-state index contributed by atoms with van der Waals surface area (Å²) in [5.41, 5.74) is 3.87. The number of benzene rings is 3. The number of para-hydroxylation sites is 1. The zero-order chi connectivity index (χ0) is 17.7. The van der Waals surface area contributed by atoms with Gasteiger partial charge in [-0.3, -0.25) is 0 Å². The van der Waals surface area contributed by atoms with Crippen molar-refractivity contribution in [2.75, 3.05) is 0 Å². The van der Waals surface area contributed by atoms with Crippen LogP contribution in [0.3, 0.4) is 0 Å². The Morgan fingerprint density at radius 3 is 2.50 bits per heavy atom. The molecule has 0 spiro atoms. The van der Waals surface area contributed by atoms with Crippen LogP contribution in [-0.4, -0.2) is 6.10 Å². The van der Waals surface area contributed by atoms with E-state index in [0.717, 1.165) is 44.6 Å². The molecule has 1 aliphatic heterocycles. The van der Waals surface area contributed by atoms with Gasteiger partial charge in [0.05, 0.1) is 0 Å². The van der Waals surface area contributed by atoms with Gasteiger partial charge in [0.2, 0.25) is 0 Å². The van der Waals surface area contributed by atoms with Gasteiger partial charge < -0.3 is 9.15 Å². The SMILES string of the molecule is C=C1c2c(ccc3ccccc23)OC(C)/C=C\c2oc3ccccc3c21. The molecule has 0 saturated carbocycles. The molecule has 2 heteroatoms. The molecule has 26 heavy (non-hydrogen) atoms. The summed E-state index contributed by atoms with van der Waals surface area (Å²) < 4.78 is 12.3. The lowest BCUT2D eigenvalue weighted by molar-refractivity contribution is 0.270. The van der Waals surface area contributed by atoms with Gasteiger partial charge in [0, 0.05) is 16.5 Å². The monoisotopic (exact) mass is 338 g/mol. The Kier molecular flexibility index (Phi) is 3.26. The summed E-state index contributed by atoms with van der Waals surface area (Å²) >= 11 is 0. The first-order chi connectivity index (χ1) is 12.7. The minimum absolute atomic E-state index is 0.0677. The molecule has 5 rings (SSSR count). The van der Waals surface area contributed by atoms with Gasteiger partial charge in [0.25, 0.3) is 0 Å². The van der Waals surface area contributed by atoms with E-state index in [0.29, 0.717) is 0 Å². The van der Waals surface area contributed by atoms with Crippen molar-refractivity contribution in [2.45, 2.75) is 13.0 Å². The lowest BCUT2D eigenvalue weighted by Crippen LogP contribution is -2.09. The molecule has 2 heterocycles. The Labute approximate surface area is 152 Å². The van der Waals surface area contributed by atoms with Gasteiger partial charge in [0.1, 0.15) is 23.2 Å². The highest BCUT2D eigenvalue weighted by Gasteiger charge is 2.22. The molecule has 1 aromatic heterocycles. The van der Waals surface area contributed by atoms with Gasteiger partial charge in [-0.05, 0) is 47.6 Å². The second kappa shape index (κ2) is 5.63. The Hall–Kier alpha value is -3.26. The molecular formula is C24H18O2. The van der Waals surface area contributed by atoms with E-state index in [1.165, 1.54) is 5.39 Å². The number of furan rings is 1. The fraction of sp³-hybridized carbons (Fsp3) is 0.0833. The van der Waals surface area contributed by atoms with E-state index in [1.54, 1.807) is 0 Å². The largest absolute Gasteiger partial charge is 0.486 e. The summed E-state index contributed by atoms with van der Waals surface area (Å²) in [5, 5.41) is 3.39. The van der Waals surface area contributed by atoms with E-state index in [4.69, 9.17) is 9.15 Å². The minimum Gasteiger partial charge on any atom is -0.486 e. The molecule has 126 valence electrons. The average molecular weight is 338 g/mol. The number of hydrogen-bond donors (Lipinski definition) is 0. The van der Waals surface area contributed by atoms with Gasteiger partial charge in [-0.2, -0.15) is 0 Å². The maximum Gasteiger partial charge on any atom is 0.135 e. The molecule has 1 aliphatic rings. The van der Waals surface area contributed by atoms with Crippen molar-refractivity contribution >= 4 is 33.4 Å². The highest BCUT2D eigenvalue weighted by molar-refractivity contribution is 6.06. The van der Waals surface area contributed by atoms with Crippen LogP contribution in [0.15, 0.2) is 77.7 Å². The predicted molar refractivity (Wildman–Crippen MR) is 107 cm³/mol. The quantitative estimate of drug-likeness (QED) is 0.368. The third-order valence-corrected chi connectivity index (χ3v) is 4.95. The summed E-state index contributed by atoms with van der Waals surface area (Å²) in [6.07, 6.45) is 3.96. The van der Waals surface area contributed by atoms with Crippen LogP contribution in [0.25, 0.3) is 33.4 Å². The van der Waals surface area contributed by atoms with Crippen molar-refractivity contribution in [3.05, 3.63) is 90.2 Å². The zero-order valence-electron chi connectivity index (χ0n) is 14.5. The van der Waals surface area contributed by atoms with Crippen LogP contribution in [0.2, 0.25) is 0 Å². The standard InChI is InChI=1S/C24H18O2/c1-15-11-13-22-24(19-9-5-6-10-20(19)26-22)16(2)23-18-8-4-3-7-17(18)12-14-21(23)25-15/h3-15H,2H2,1H3/b13-11-. The Balaban J connectivity index is 1.90. The summed E-state index contributed by atoms with van der Waals surface area (Å²) in [6, 6.07) is 20.6. The van der Waals surface area contributed by atoms with Crippen LogP contribution in [0.1, 0.15) is 23.8 Å². The first-order valence-electron chi connectivity index (χ1n) is 8.80. The highest BCUT2D eigenvalue weighted by atomic mass is 16.5. The molecule has 0 aliphatic carbocycles.